The van der Waals surface area contributed by atoms with Gasteiger partial charge in [0.15, 0.2) is 0 Å². The number of halogens is 1. The molecule has 0 N–H and O–H groups in total. The van der Waals surface area contributed by atoms with Crippen LogP contribution in [0.25, 0.3) is 60.2 Å². The van der Waals surface area contributed by atoms with Crippen LogP contribution in [0.4, 0.5) is 0 Å². The Morgan fingerprint density at radius 3 is 1.82 bits per heavy atom. The summed E-state index contributed by atoms with van der Waals surface area (Å²) >= 11 is 6.15. The Hall–Kier alpha value is -4.07. The third-order valence-corrected chi connectivity index (χ3v) is 7.05. The number of rotatable bonds is 2. The van der Waals surface area contributed by atoms with Gasteiger partial charge >= 0.3 is 0 Å². The third-order valence-electron chi connectivity index (χ3n) is 6.80. The number of hydrogen-bond acceptors (Lipinski definition) is 0. The first-order valence-corrected chi connectivity index (χ1v) is 11.8. The van der Waals surface area contributed by atoms with Crippen LogP contribution in [0.1, 0.15) is 0 Å². The molecule has 0 spiro atoms. The van der Waals surface area contributed by atoms with E-state index in [2.05, 4.69) is 114 Å². The number of aromatic nitrogens is 1. The van der Waals surface area contributed by atoms with Gasteiger partial charge in [-0.2, -0.15) is 0 Å². The number of hydrogen-bond donors (Lipinski definition) is 0. The van der Waals surface area contributed by atoms with Gasteiger partial charge in [-0.05, 0) is 75.1 Å². The van der Waals surface area contributed by atoms with Gasteiger partial charge in [-0.3, -0.25) is 0 Å². The molecule has 0 aliphatic rings. The predicted octanol–water partition coefficient (Wildman–Crippen LogP) is 9.41. The fraction of sp³-hybridized carbons (Fsp3) is 0. The van der Waals surface area contributed by atoms with Gasteiger partial charge in [-0.25, -0.2) is 0 Å². The van der Waals surface area contributed by atoms with Crippen LogP contribution in [-0.4, -0.2) is 4.57 Å². The summed E-state index contributed by atoms with van der Waals surface area (Å²) in [5.41, 5.74) is 5.93. The van der Waals surface area contributed by atoms with Crippen molar-refractivity contribution in [3.8, 4) is 16.8 Å². The fourth-order valence-electron chi connectivity index (χ4n) is 5.12. The fourth-order valence-corrected chi connectivity index (χ4v) is 5.25. The molecule has 7 aromatic rings. The van der Waals surface area contributed by atoms with Gasteiger partial charge in [-0.15, -0.1) is 0 Å². The van der Waals surface area contributed by atoms with Crippen LogP contribution in [-0.2, 0) is 0 Å². The first kappa shape index (κ1) is 19.4. The van der Waals surface area contributed by atoms with Gasteiger partial charge in [0.2, 0.25) is 0 Å². The normalized spacial score (nSPS) is 11.7. The lowest BCUT2D eigenvalue weighted by atomic mass is 10.0. The van der Waals surface area contributed by atoms with Crippen molar-refractivity contribution in [3.05, 3.63) is 126 Å². The molecule has 0 amide bonds. The molecule has 0 saturated carbocycles. The molecule has 0 aliphatic carbocycles. The Labute approximate surface area is 202 Å². The molecule has 0 aliphatic heterocycles. The minimum Gasteiger partial charge on any atom is -0.309 e. The van der Waals surface area contributed by atoms with Gasteiger partial charge in [0.25, 0.3) is 0 Å². The van der Waals surface area contributed by atoms with Crippen LogP contribution in [0.15, 0.2) is 121 Å². The van der Waals surface area contributed by atoms with E-state index in [1.54, 1.807) is 0 Å². The van der Waals surface area contributed by atoms with Crippen molar-refractivity contribution in [1.29, 1.82) is 0 Å². The van der Waals surface area contributed by atoms with Gasteiger partial charge in [0.05, 0.1) is 11.0 Å². The maximum atomic E-state index is 6.15. The molecular weight excluding hydrogens is 434 g/mol. The summed E-state index contributed by atoms with van der Waals surface area (Å²) in [4.78, 5) is 0. The molecular formula is C32H20ClN. The largest absolute Gasteiger partial charge is 0.309 e. The van der Waals surface area contributed by atoms with Crippen LogP contribution >= 0.6 is 11.6 Å². The van der Waals surface area contributed by atoms with Gasteiger partial charge in [0.1, 0.15) is 0 Å². The molecule has 7 rings (SSSR count). The summed E-state index contributed by atoms with van der Waals surface area (Å²) in [6.07, 6.45) is 0. The molecule has 0 bridgehead atoms. The molecule has 1 nitrogen and oxygen atoms in total. The van der Waals surface area contributed by atoms with Crippen molar-refractivity contribution in [2.24, 2.45) is 0 Å². The van der Waals surface area contributed by atoms with E-state index in [0.29, 0.717) is 0 Å². The topological polar surface area (TPSA) is 4.93 Å². The Morgan fingerprint density at radius 2 is 1.06 bits per heavy atom. The van der Waals surface area contributed by atoms with Crippen LogP contribution in [0, 0.1) is 0 Å². The second-order valence-corrected chi connectivity index (χ2v) is 9.26. The Balaban J connectivity index is 1.59. The lowest BCUT2D eigenvalue weighted by Crippen LogP contribution is -1.94. The molecule has 0 radical (unpaired) electrons. The van der Waals surface area contributed by atoms with Crippen LogP contribution < -0.4 is 0 Å². The summed E-state index contributed by atoms with van der Waals surface area (Å²) in [5.74, 6) is 0. The average Bonchev–Trinajstić information content (AvgIpc) is 3.20. The minimum absolute atomic E-state index is 0.752. The van der Waals surface area contributed by atoms with Crippen molar-refractivity contribution in [2.45, 2.75) is 0 Å². The molecule has 160 valence electrons. The first-order valence-electron chi connectivity index (χ1n) is 11.5. The van der Waals surface area contributed by atoms with E-state index in [0.717, 1.165) is 10.6 Å². The molecule has 2 heteroatoms. The lowest BCUT2D eigenvalue weighted by molar-refractivity contribution is 1.19. The molecule has 1 aromatic heterocycles. The number of benzene rings is 6. The lowest BCUT2D eigenvalue weighted by Gasteiger charge is -2.11. The van der Waals surface area contributed by atoms with E-state index in [9.17, 15) is 0 Å². The molecule has 6 aromatic carbocycles. The van der Waals surface area contributed by atoms with E-state index in [-0.39, 0.29) is 0 Å². The molecule has 0 saturated heterocycles. The van der Waals surface area contributed by atoms with Crippen molar-refractivity contribution >= 4 is 55.0 Å². The zero-order chi connectivity index (χ0) is 22.6. The van der Waals surface area contributed by atoms with Crippen molar-refractivity contribution in [1.82, 2.24) is 4.57 Å². The minimum atomic E-state index is 0.752. The van der Waals surface area contributed by atoms with E-state index < -0.39 is 0 Å². The average molecular weight is 454 g/mol. The van der Waals surface area contributed by atoms with Gasteiger partial charge < -0.3 is 4.57 Å². The number of nitrogens with zero attached hydrogens (tertiary/aromatic N) is 1. The zero-order valence-corrected chi connectivity index (χ0v) is 19.1. The molecule has 0 fully saturated rings. The summed E-state index contributed by atoms with van der Waals surface area (Å²) in [6.45, 7) is 0. The Bertz CT molecular complexity index is 1860. The summed E-state index contributed by atoms with van der Waals surface area (Å²) in [6, 6.07) is 43.4. The maximum absolute atomic E-state index is 6.15. The van der Waals surface area contributed by atoms with Crippen LogP contribution in [0.5, 0.6) is 0 Å². The Kier molecular flexibility index (Phi) is 4.27. The van der Waals surface area contributed by atoms with Crippen molar-refractivity contribution in [3.63, 3.8) is 0 Å². The highest BCUT2D eigenvalue weighted by Crippen LogP contribution is 2.37. The molecule has 34 heavy (non-hydrogen) atoms. The second-order valence-electron chi connectivity index (χ2n) is 8.82. The summed E-state index contributed by atoms with van der Waals surface area (Å²) in [5, 5.41) is 8.27. The van der Waals surface area contributed by atoms with Gasteiger partial charge in [0, 0.05) is 21.5 Å². The SMILES string of the molecule is Clc1ccc(-c2ccc3c4cc5ccccc5cc4n(-c4ccc5ccccc5c4)c3c2)cc1. The third kappa shape index (κ3) is 3.02. The van der Waals surface area contributed by atoms with Gasteiger partial charge in [-0.1, -0.05) is 90.5 Å². The standard InChI is InChI=1S/C32H20ClN/c33-27-13-9-22(10-14-27)26-12-16-29-30-18-24-7-3-4-8-25(24)19-32(30)34(31(29)20-26)28-15-11-21-5-1-2-6-23(21)17-28/h1-20H. The van der Waals surface area contributed by atoms with Crippen molar-refractivity contribution < 1.29 is 0 Å². The molecule has 0 unspecified atom stereocenters. The van der Waals surface area contributed by atoms with Crippen LogP contribution in [0.3, 0.4) is 0 Å². The van der Waals surface area contributed by atoms with Crippen LogP contribution in [0.2, 0.25) is 5.02 Å². The number of fused-ring (bicyclic) bond motifs is 5. The highest BCUT2D eigenvalue weighted by molar-refractivity contribution is 6.30. The highest BCUT2D eigenvalue weighted by atomic mass is 35.5. The maximum Gasteiger partial charge on any atom is 0.0547 e. The zero-order valence-electron chi connectivity index (χ0n) is 18.4. The van der Waals surface area contributed by atoms with E-state index in [1.165, 1.54) is 54.6 Å². The Morgan fingerprint density at radius 1 is 0.441 bits per heavy atom. The smallest absolute Gasteiger partial charge is 0.0547 e. The second kappa shape index (κ2) is 7.48. The van der Waals surface area contributed by atoms with E-state index >= 15 is 0 Å². The quantitative estimate of drug-likeness (QED) is 0.245. The molecule has 0 atom stereocenters. The summed E-state index contributed by atoms with van der Waals surface area (Å²) < 4.78 is 2.41. The summed E-state index contributed by atoms with van der Waals surface area (Å²) in [7, 11) is 0. The van der Waals surface area contributed by atoms with Crippen molar-refractivity contribution in [2.75, 3.05) is 0 Å². The monoisotopic (exact) mass is 453 g/mol. The first-order chi connectivity index (χ1) is 16.7. The molecule has 1 heterocycles. The van der Waals surface area contributed by atoms with E-state index in [1.807, 2.05) is 12.1 Å². The highest BCUT2D eigenvalue weighted by Gasteiger charge is 2.15. The van der Waals surface area contributed by atoms with E-state index in [4.69, 9.17) is 11.6 Å². The predicted molar refractivity (Wildman–Crippen MR) is 146 cm³/mol.